The first-order valence-electron chi connectivity index (χ1n) is 7.93. The second kappa shape index (κ2) is 8.25. The van der Waals surface area contributed by atoms with E-state index >= 15 is 0 Å². The molecule has 0 aliphatic rings. The summed E-state index contributed by atoms with van der Waals surface area (Å²) in [7, 11) is 1.60. The van der Waals surface area contributed by atoms with Crippen LogP contribution in [0.25, 0.3) is 11.4 Å². The first-order chi connectivity index (χ1) is 12.3. The van der Waals surface area contributed by atoms with Crippen LogP contribution in [-0.2, 0) is 6.54 Å². The Morgan fingerprint density at radius 3 is 2.72 bits per heavy atom. The molecular formula is C18H19N5OS. The second-order valence-corrected chi connectivity index (χ2v) is 6.06. The van der Waals surface area contributed by atoms with Gasteiger partial charge in [0.05, 0.1) is 17.1 Å². The zero-order valence-corrected chi connectivity index (χ0v) is 14.7. The van der Waals surface area contributed by atoms with Gasteiger partial charge in [0.2, 0.25) is 0 Å². The highest BCUT2D eigenvalue weighted by molar-refractivity contribution is 7.07. The third-order valence-corrected chi connectivity index (χ3v) is 4.42. The van der Waals surface area contributed by atoms with E-state index in [0.717, 1.165) is 21.9 Å². The minimum Gasteiger partial charge on any atom is -0.341 e. The molecule has 128 valence electrons. The van der Waals surface area contributed by atoms with E-state index in [-0.39, 0.29) is 6.03 Å². The standard InChI is InChI=1S/C18H19N5OS/c1-19-17(24)21-11-12-23-16(15-9-5-6-10-20-15)13-25-18(23)22-14-7-3-2-4-8-14/h2-10,13H,11-12H2,1H3,(H2,19,21,24). The van der Waals surface area contributed by atoms with E-state index < -0.39 is 0 Å². The monoisotopic (exact) mass is 353 g/mol. The molecule has 0 bridgehead atoms. The van der Waals surface area contributed by atoms with Crippen LogP contribution in [-0.4, -0.2) is 29.2 Å². The molecule has 0 radical (unpaired) electrons. The van der Waals surface area contributed by atoms with Crippen molar-refractivity contribution in [1.82, 2.24) is 20.2 Å². The molecule has 0 saturated heterocycles. The van der Waals surface area contributed by atoms with E-state index in [4.69, 9.17) is 4.99 Å². The van der Waals surface area contributed by atoms with Gasteiger partial charge in [0, 0.05) is 31.7 Å². The van der Waals surface area contributed by atoms with Crippen molar-refractivity contribution in [2.75, 3.05) is 13.6 Å². The molecule has 0 unspecified atom stereocenters. The molecule has 7 heteroatoms. The molecule has 0 spiro atoms. The Bertz CT molecular complexity index is 887. The minimum absolute atomic E-state index is 0.197. The summed E-state index contributed by atoms with van der Waals surface area (Å²) in [5.41, 5.74) is 2.76. The third-order valence-electron chi connectivity index (χ3n) is 3.55. The molecule has 2 amide bonds. The quantitative estimate of drug-likeness (QED) is 0.740. The number of carbonyl (C=O) groups is 1. The van der Waals surface area contributed by atoms with Gasteiger partial charge in [-0.25, -0.2) is 9.79 Å². The molecule has 1 aromatic carbocycles. The van der Waals surface area contributed by atoms with Gasteiger partial charge in [-0.1, -0.05) is 24.3 Å². The van der Waals surface area contributed by atoms with E-state index in [2.05, 4.69) is 20.2 Å². The molecule has 6 nitrogen and oxygen atoms in total. The Balaban J connectivity index is 1.96. The number of nitrogens with zero attached hydrogens (tertiary/aromatic N) is 3. The van der Waals surface area contributed by atoms with E-state index in [1.165, 1.54) is 0 Å². The number of urea groups is 1. The Morgan fingerprint density at radius 1 is 1.20 bits per heavy atom. The van der Waals surface area contributed by atoms with Gasteiger partial charge in [0.25, 0.3) is 0 Å². The van der Waals surface area contributed by atoms with Crippen molar-refractivity contribution < 1.29 is 4.79 Å². The molecule has 25 heavy (non-hydrogen) atoms. The van der Waals surface area contributed by atoms with Crippen molar-refractivity contribution in [2.24, 2.45) is 4.99 Å². The van der Waals surface area contributed by atoms with Gasteiger partial charge in [-0.3, -0.25) is 4.98 Å². The summed E-state index contributed by atoms with van der Waals surface area (Å²) >= 11 is 1.56. The van der Waals surface area contributed by atoms with Crippen LogP contribution in [0.1, 0.15) is 0 Å². The highest BCUT2D eigenvalue weighted by Crippen LogP contribution is 2.18. The van der Waals surface area contributed by atoms with Crippen LogP contribution in [0.15, 0.2) is 65.1 Å². The molecule has 0 aliphatic heterocycles. The summed E-state index contributed by atoms with van der Waals surface area (Å²) in [5.74, 6) is 0. The predicted molar refractivity (Wildman–Crippen MR) is 99.7 cm³/mol. The number of thiazole rings is 1. The summed E-state index contributed by atoms with van der Waals surface area (Å²) in [6, 6.07) is 15.4. The largest absolute Gasteiger partial charge is 0.341 e. The zero-order chi connectivity index (χ0) is 17.5. The van der Waals surface area contributed by atoms with E-state index in [0.29, 0.717) is 13.1 Å². The molecule has 0 atom stereocenters. The molecule has 3 rings (SSSR count). The van der Waals surface area contributed by atoms with Crippen LogP contribution in [0.3, 0.4) is 0 Å². The fourth-order valence-electron chi connectivity index (χ4n) is 2.34. The topological polar surface area (TPSA) is 71.3 Å². The first kappa shape index (κ1) is 16.9. The van der Waals surface area contributed by atoms with Crippen molar-refractivity contribution in [1.29, 1.82) is 0 Å². The van der Waals surface area contributed by atoms with Crippen molar-refractivity contribution in [3.05, 3.63) is 64.9 Å². The van der Waals surface area contributed by atoms with Crippen molar-refractivity contribution in [3.63, 3.8) is 0 Å². The number of aromatic nitrogens is 2. The third kappa shape index (κ3) is 4.33. The summed E-state index contributed by atoms with van der Waals surface area (Å²) in [6.45, 7) is 1.10. The van der Waals surface area contributed by atoms with Crippen LogP contribution < -0.4 is 15.4 Å². The summed E-state index contributed by atoms with van der Waals surface area (Å²) in [4.78, 5) is 21.4. The van der Waals surface area contributed by atoms with Gasteiger partial charge >= 0.3 is 6.03 Å². The Hall–Kier alpha value is -2.93. The van der Waals surface area contributed by atoms with Crippen LogP contribution in [0.2, 0.25) is 0 Å². The minimum atomic E-state index is -0.197. The maximum absolute atomic E-state index is 11.4. The van der Waals surface area contributed by atoms with E-state index in [1.807, 2.05) is 53.9 Å². The molecule has 0 fully saturated rings. The lowest BCUT2D eigenvalue weighted by Gasteiger charge is -2.09. The number of amides is 2. The molecular weight excluding hydrogens is 334 g/mol. The van der Waals surface area contributed by atoms with Gasteiger partial charge in [-0.2, -0.15) is 0 Å². The van der Waals surface area contributed by atoms with Crippen LogP contribution in [0.4, 0.5) is 10.5 Å². The van der Waals surface area contributed by atoms with Crippen molar-refractivity contribution in [3.8, 4) is 11.4 Å². The number of rotatable bonds is 5. The molecule has 3 aromatic rings. The average Bonchev–Trinajstić information content (AvgIpc) is 3.05. The van der Waals surface area contributed by atoms with Crippen LogP contribution in [0, 0.1) is 0 Å². The normalized spacial score (nSPS) is 11.3. The smallest absolute Gasteiger partial charge is 0.314 e. The molecule has 2 heterocycles. The molecule has 0 saturated carbocycles. The number of hydrogen-bond acceptors (Lipinski definition) is 4. The summed E-state index contributed by atoms with van der Waals surface area (Å²) in [6.07, 6.45) is 1.77. The number of para-hydroxylation sites is 1. The fraction of sp³-hybridized carbons (Fsp3) is 0.167. The van der Waals surface area contributed by atoms with Crippen LogP contribution >= 0.6 is 11.3 Å². The number of nitrogens with one attached hydrogen (secondary N) is 2. The lowest BCUT2D eigenvalue weighted by Crippen LogP contribution is -2.36. The average molecular weight is 353 g/mol. The first-order valence-corrected chi connectivity index (χ1v) is 8.81. The number of hydrogen-bond donors (Lipinski definition) is 2. The SMILES string of the molecule is CNC(=O)NCCn1c(-c2ccccn2)csc1=Nc1ccccc1. The Kier molecular flexibility index (Phi) is 5.58. The maximum Gasteiger partial charge on any atom is 0.314 e. The second-order valence-electron chi connectivity index (χ2n) is 5.22. The lowest BCUT2D eigenvalue weighted by atomic mass is 10.3. The van der Waals surface area contributed by atoms with Gasteiger partial charge in [-0.15, -0.1) is 11.3 Å². The molecule has 2 aromatic heterocycles. The lowest BCUT2D eigenvalue weighted by molar-refractivity contribution is 0.242. The Labute approximate surface area is 149 Å². The summed E-state index contributed by atoms with van der Waals surface area (Å²) in [5, 5.41) is 7.41. The Morgan fingerprint density at radius 2 is 2.00 bits per heavy atom. The number of pyridine rings is 1. The highest BCUT2D eigenvalue weighted by Gasteiger charge is 2.09. The van der Waals surface area contributed by atoms with Gasteiger partial charge in [0.15, 0.2) is 4.80 Å². The van der Waals surface area contributed by atoms with E-state index in [1.54, 1.807) is 24.6 Å². The number of benzene rings is 1. The highest BCUT2D eigenvalue weighted by atomic mass is 32.1. The zero-order valence-electron chi connectivity index (χ0n) is 13.8. The predicted octanol–water partition coefficient (Wildman–Crippen LogP) is 2.77. The van der Waals surface area contributed by atoms with Gasteiger partial charge in [-0.05, 0) is 24.3 Å². The van der Waals surface area contributed by atoms with Gasteiger partial charge in [0.1, 0.15) is 0 Å². The number of carbonyl (C=O) groups excluding carboxylic acids is 1. The van der Waals surface area contributed by atoms with Crippen LogP contribution in [0.5, 0.6) is 0 Å². The van der Waals surface area contributed by atoms with E-state index in [9.17, 15) is 4.79 Å². The van der Waals surface area contributed by atoms with Gasteiger partial charge < -0.3 is 15.2 Å². The van der Waals surface area contributed by atoms with Crippen molar-refractivity contribution >= 4 is 23.1 Å². The van der Waals surface area contributed by atoms with Crippen molar-refractivity contribution in [2.45, 2.75) is 6.54 Å². The maximum atomic E-state index is 11.4. The molecule has 0 aliphatic carbocycles. The molecule has 2 N–H and O–H groups in total. The fourth-order valence-corrected chi connectivity index (χ4v) is 3.28. The summed E-state index contributed by atoms with van der Waals surface area (Å²) < 4.78 is 2.08.